The number of anilines is 1. The van der Waals surface area contributed by atoms with E-state index in [0.717, 1.165) is 23.5 Å². The van der Waals surface area contributed by atoms with Crippen LogP contribution in [0.4, 0.5) is 5.13 Å². The highest BCUT2D eigenvalue weighted by atomic mass is 32.1. The lowest BCUT2D eigenvalue weighted by atomic mass is 10.2. The first-order valence-corrected chi connectivity index (χ1v) is 8.02. The monoisotopic (exact) mass is 318 g/mol. The van der Waals surface area contributed by atoms with Crippen LogP contribution in [0.15, 0.2) is 29.8 Å². The van der Waals surface area contributed by atoms with Gasteiger partial charge in [0.15, 0.2) is 16.6 Å². The lowest BCUT2D eigenvalue weighted by Gasteiger charge is -2.20. The van der Waals surface area contributed by atoms with E-state index in [-0.39, 0.29) is 11.8 Å². The average Bonchev–Trinajstić information content (AvgIpc) is 3.27. The Morgan fingerprint density at radius 2 is 2.09 bits per heavy atom. The van der Waals surface area contributed by atoms with E-state index in [0.29, 0.717) is 18.0 Å². The number of hydrogen-bond donors (Lipinski definition) is 0. The van der Waals surface area contributed by atoms with E-state index in [4.69, 9.17) is 9.47 Å². The number of hydrogen-bond acceptors (Lipinski definition) is 5. The van der Waals surface area contributed by atoms with E-state index >= 15 is 0 Å². The molecule has 0 atom stereocenters. The molecular formula is C16H18N2O3S. The van der Waals surface area contributed by atoms with Crippen molar-refractivity contribution >= 4 is 22.4 Å². The van der Waals surface area contributed by atoms with Crippen LogP contribution in [0.3, 0.4) is 0 Å². The van der Waals surface area contributed by atoms with E-state index in [1.165, 1.54) is 11.3 Å². The first kappa shape index (κ1) is 14.8. The molecule has 0 radical (unpaired) electrons. The molecule has 6 heteroatoms. The molecule has 116 valence electrons. The zero-order valence-electron chi connectivity index (χ0n) is 12.6. The Hall–Kier alpha value is -2.08. The van der Waals surface area contributed by atoms with Crippen LogP contribution in [0.25, 0.3) is 0 Å². The summed E-state index contributed by atoms with van der Waals surface area (Å²) in [6.45, 7) is 0.489. The second-order valence-electron chi connectivity index (χ2n) is 5.20. The standard InChI is InChI=1S/C16H18N2O3S/c1-20-13-6-3-11(9-14(13)21-2)10-18(15(19)12-4-5-12)16-17-7-8-22-16/h3,6-9,12H,4-5,10H2,1-2H3. The van der Waals surface area contributed by atoms with Crippen molar-refractivity contribution in [2.24, 2.45) is 5.92 Å². The Labute approximate surface area is 133 Å². The molecule has 1 aromatic heterocycles. The minimum atomic E-state index is 0.157. The van der Waals surface area contributed by atoms with Gasteiger partial charge in [-0.2, -0.15) is 0 Å². The number of ether oxygens (including phenoxy) is 2. The van der Waals surface area contributed by atoms with Gasteiger partial charge >= 0.3 is 0 Å². The van der Waals surface area contributed by atoms with Crippen molar-refractivity contribution in [1.29, 1.82) is 0 Å². The van der Waals surface area contributed by atoms with Gasteiger partial charge in [-0.25, -0.2) is 4.98 Å². The Morgan fingerprint density at radius 1 is 1.32 bits per heavy atom. The maximum absolute atomic E-state index is 12.5. The van der Waals surface area contributed by atoms with Crippen molar-refractivity contribution in [2.45, 2.75) is 19.4 Å². The fourth-order valence-electron chi connectivity index (χ4n) is 2.30. The van der Waals surface area contributed by atoms with Crippen molar-refractivity contribution < 1.29 is 14.3 Å². The number of amides is 1. The van der Waals surface area contributed by atoms with Crippen LogP contribution in [-0.2, 0) is 11.3 Å². The van der Waals surface area contributed by atoms with E-state index in [1.807, 2.05) is 23.6 Å². The van der Waals surface area contributed by atoms with Gasteiger partial charge in [-0.05, 0) is 30.5 Å². The molecule has 0 saturated heterocycles. The number of nitrogens with zero attached hydrogens (tertiary/aromatic N) is 2. The number of carbonyl (C=O) groups is 1. The van der Waals surface area contributed by atoms with Crippen molar-refractivity contribution in [1.82, 2.24) is 4.98 Å². The molecule has 1 fully saturated rings. The third-order valence-electron chi connectivity index (χ3n) is 3.63. The van der Waals surface area contributed by atoms with Crippen LogP contribution in [0.2, 0.25) is 0 Å². The molecule has 1 aromatic carbocycles. The fourth-order valence-corrected chi connectivity index (χ4v) is 2.95. The largest absolute Gasteiger partial charge is 0.493 e. The Kier molecular flexibility index (Phi) is 4.29. The second kappa shape index (κ2) is 6.36. The SMILES string of the molecule is COc1ccc(CN(C(=O)C2CC2)c2nccs2)cc1OC. The third kappa shape index (κ3) is 3.06. The quantitative estimate of drug-likeness (QED) is 0.821. The second-order valence-corrected chi connectivity index (χ2v) is 6.08. The van der Waals surface area contributed by atoms with Crippen LogP contribution in [0.5, 0.6) is 11.5 Å². The number of methoxy groups -OCH3 is 2. The number of aromatic nitrogens is 1. The number of rotatable bonds is 6. The molecule has 0 aliphatic heterocycles. The predicted octanol–water partition coefficient (Wildman–Crippen LogP) is 3.10. The summed E-state index contributed by atoms with van der Waals surface area (Å²) in [6.07, 6.45) is 3.68. The molecule has 1 aliphatic rings. The van der Waals surface area contributed by atoms with Crippen LogP contribution in [0.1, 0.15) is 18.4 Å². The van der Waals surface area contributed by atoms with Gasteiger partial charge in [-0.1, -0.05) is 6.07 Å². The molecule has 1 saturated carbocycles. The first-order valence-electron chi connectivity index (χ1n) is 7.14. The lowest BCUT2D eigenvalue weighted by Crippen LogP contribution is -2.31. The Bertz CT molecular complexity index is 653. The summed E-state index contributed by atoms with van der Waals surface area (Å²) >= 11 is 1.48. The molecule has 1 aliphatic carbocycles. The Balaban J connectivity index is 1.85. The Morgan fingerprint density at radius 3 is 2.68 bits per heavy atom. The summed E-state index contributed by atoms with van der Waals surface area (Å²) in [5, 5.41) is 2.63. The summed E-state index contributed by atoms with van der Waals surface area (Å²) in [5.41, 5.74) is 0.988. The number of thiazole rings is 1. The molecule has 3 rings (SSSR count). The van der Waals surface area contributed by atoms with Gasteiger partial charge in [0.2, 0.25) is 5.91 Å². The summed E-state index contributed by atoms with van der Waals surface area (Å²) in [4.78, 5) is 18.6. The van der Waals surface area contributed by atoms with E-state index in [2.05, 4.69) is 4.98 Å². The van der Waals surface area contributed by atoms with Crippen LogP contribution in [0, 0.1) is 5.92 Å². The normalized spacial score (nSPS) is 13.7. The third-order valence-corrected chi connectivity index (χ3v) is 4.43. The maximum Gasteiger partial charge on any atom is 0.232 e. The van der Waals surface area contributed by atoms with Crippen LogP contribution in [-0.4, -0.2) is 25.1 Å². The maximum atomic E-state index is 12.5. The minimum Gasteiger partial charge on any atom is -0.493 e. The molecule has 0 bridgehead atoms. The highest BCUT2D eigenvalue weighted by Crippen LogP contribution is 2.35. The number of benzene rings is 1. The summed E-state index contributed by atoms with van der Waals surface area (Å²) < 4.78 is 10.6. The lowest BCUT2D eigenvalue weighted by molar-refractivity contribution is -0.119. The van der Waals surface area contributed by atoms with Crippen molar-refractivity contribution in [3.8, 4) is 11.5 Å². The number of carbonyl (C=O) groups excluding carboxylic acids is 1. The molecular weight excluding hydrogens is 300 g/mol. The first-order chi connectivity index (χ1) is 10.7. The van der Waals surface area contributed by atoms with E-state index < -0.39 is 0 Å². The smallest absolute Gasteiger partial charge is 0.232 e. The molecule has 0 spiro atoms. The molecule has 5 nitrogen and oxygen atoms in total. The minimum absolute atomic E-state index is 0.157. The van der Waals surface area contributed by atoms with Gasteiger partial charge < -0.3 is 9.47 Å². The van der Waals surface area contributed by atoms with Gasteiger partial charge in [0.1, 0.15) is 0 Å². The molecule has 0 unspecified atom stereocenters. The topological polar surface area (TPSA) is 51.7 Å². The molecule has 2 aromatic rings. The molecule has 22 heavy (non-hydrogen) atoms. The van der Waals surface area contributed by atoms with Gasteiger partial charge in [0.05, 0.1) is 20.8 Å². The zero-order valence-corrected chi connectivity index (χ0v) is 13.4. The van der Waals surface area contributed by atoms with E-state index in [9.17, 15) is 4.79 Å². The van der Waals surface area contributed by atoms with Crippen molar-refractivity contribution in [2.75, 3.05) is 19.1 Å². The van der Waals surface area contributed by atoms with Gasteiger partial charge in [0, 0.05) is 17.5 Å². The van der Waals surface area contributed by atoms with Gasteiger partial charge in [0.25, 0.3) is 0 Å². The summed E-state index contributed by atoms with van der Waals surface area (Å²) in [7, 11) is 3.21. The summed E-state index contributed by atoms with van der Waals surface area (Å²) in [5.74, 6) is 1.66. The zero-order chi connectivity index (χ0) is 15.5. The highest BCUT2D eigenvalue weighted by Gasteiger charge is 2.35. The molecule has 0 N–H and O–H groups in total. The van der Waals surface area contributed by atoms with Crippen molar-refractivity contribution in [3.63, 3.8) is 0 Å². The molecule has 1 heterocycles. The summed E-state index contributed by atoms with van der Waals surface area (Å²) in [6, 6.07) is 5.71. The van der Waals surface area contributed by atoms with E-state index in [1.54, 1.807) is 25.3 Å². The fraction of sp³-hybridized carbons (Fsp3) is 0.375. The van der Waals surface area contributed by atoms with Crippen molar-refractivity contribution in [3.05, 3.63) is 35.3 Å². The van der Waals surface area contributed by atoms with Gasteiger partial charge in [-0.3, -0.25) is 9.69 Å². The van der Waals surface area contributed by atoms with Gasteiger partial charge in [-0.15, -0.1) is 11.3 Å². The molecule has 1 amide bonds. The highest BCUT2D eigenvalue weighted by molar-refractivity contribution is 7.13. The average molecular weight is 318 g/mol. The van der Waals surface area contributed by atoms with Crippen LogP contribution >= 0.6 is 11.3 Å². The van der Waals surface area contributed by atoms with Crippen LogP contribution < -0.4 is 14.4 Å². The predicted molar refractivity (Wildman–Crippen MR) is 85.6 cm³/mol.